The summed E-state index contributed by atoms with van der Waals surface area (Å²) in [7, 11) is -3.46. The van der Waals surface area contributed by atoms with Crippen LogP contribution in [0.1, 0.15) is 24.8 Å². The molecular formula is C18H21ClN2O2S. The van der Waals surface area contributed by atoms with Crippen molar-refractivity contribution in [2.75, 3.05) is 22.7 Å². The first-order chi connectivity index (χ1) is 11.5. The molecule has 0 aromatic heterocycles. The summed E-state index contributed by atoms with van der Waals surface area (Å²) in [5.74, 6) is -0.0958. The second-order valence-electron chi connectivity index (χ2n) is 6.09. The number of hydrogen-bond donors (Lipinski definition) is 1. The van der Waals surface area contributed by atoms with Gasteiger partial charge in [-0.15, -0.1) is 0 Å². The number of halogens is 1. The Bertz CT molecular complexity index is 785. The summed E-state index contributed by atoms with van der Waals surface area (Å²) < 4.78 is 27.2. The van der Waals surface area contributed by atoms with Gasteiger partial charge in [0.05, 0.1) is 5.75 Å². The van der Waals surface area contributed by atoms with Crippen LogP contribution in [0.25, 0.3) is 0 Å². The molecule has 1 aliphatic heterocycles. The molecule has 0 atom stereocenters. The number of nitrogens with one attached hydrogen (secondary N) is 1. The smallest absolute Gasteiger partial charge is 0.236 e. The zero-order valence-electron chi connectivity index (χ0n) is 13.4. The first-order valence-corrected chi connectivity index (χ1v) is 10.1. The Morgan fingerprint density at radius 1 is 1.00 bits per heavy atom. The predicted octanol–water partition coefficient (Wildman–Crippen LogP) is 4.27. The predicted molar refractivity (Wildman–Crippen MR) is 100 cm³/mol. The Morgan fingerprint density at radius 3 is 2.38 bits per heavy atom. The molecule has 2 aromatic rings. The molecule has 4 nitrogen and oxygen atoms in total. The van der Waals surface area contributed by atoms with Gasteiger partial charge in [-0.25, -0.2) is 8.42 Å². The van der Waals surface area contributed by atoms with Crippen LogP contribution >= 0.6 is 11.6 Å². The average molecular weight is 365 g/mol. The Hall–Kier alpha value is -1.72. The van der Waals surface area contributed by atoms with E-state index in [1.807, 2.05) is 24.3 Å². The summed E-state index contributed by atoms with van der Waals surface area (Å²) >= 11 is 5.91. The van der Waals surface area contributed by atoms with E-state index >= 15 is 0 Å². The maximum atomic E-state index is 12.3. The van der Waals surface area contributed by atoms with Gasteiger partial charge in [0, 0.05) is 29.5 Å². The van der Waals surface area contributed by atoms with E-state index in [1.54, 1.807) is 24.3 Å². The molecule has 0 aliphatic carbocycles. The minimum Gasteiger partial charge on any atom is -0.372 e. The van der Waals surface area contributed by atoms with Gasteiger partial charge in [-0.05, 0) is 61.2 Å². The Labute approximate surface area is 148 Å². The largest absolute Gasteiger partial charge is 0.372 e. The molecule has 1 aliphatic rings. The first-order valence-electron chi connectivity index (χ1n) is 8.12. The van der Waals surface area contributed by atoms with Crippen LogP contribution in [0.5, 0.6) is 0 Å². The first kappa shape index (κ1) is 17.1. The highest BCUT2D eigenvalue weighted by atomic mass is 35.5. The number of benzene rings is 2. The molecular weight excluding hydrogens is 344 g/mol. The van der Waals surface area contributed by atoms with Gasteiger partial charge in [0.2, 0.25) is 10.0 Å². The van der Waals surface area contributed by atoms with Crippen LogP contribution in [0.15, 0.2) is 48.5 Å². The minimum atomic E-state index is -3.46. The third-order valence-electron chi connectivity index (χ3n) is 4.11. The summed E-state index contributed by atoms with van der Waals surface area (Å²) in [5.41, 5.74) is 2.39. The molecule has 128 valence electrons. The van der Waals surface area contributed by atoms with Gasteiger partial charge >= 0.3 is 0 Å². The monoisotopic (exact) mass is 364 g/mol. The van der Waals surface area contributed by atoms with Crippen molar-refractivity contribution >= 4 is 33.0 Å². The highest BCUT2D eigenvalue weighted by molar-refractivity contribution is 7.91. The summed E-state index contributed by atoms with van der Waals surface area (Å²) in [5, 5.41) is 0.536. The van der Waals surface area contributed by atoms with Crippen LogP contribution in [0, 0.1) is 0 Å². The standard InChI is InChI=1S/C18H21ClN2O2S/c19-16-6-4-5-15(13-16)14-24(22,23)20-17-7-9-18(10-8-17)21-11-2-1-3-12-21/h4-10,13,20H,1-3,11-12,14H2. The number of piperidine rings is 1. The highest BCUT2D eigenvalue weighted by Crippen LogP contribution is 2.23. The molecule has 1 fully saturated rings. The van der Waals surface area contributed by atoms with Gasteiger partial charge in [0.15, 0.2) is 0 Å². The number of rotatable bonds is 5. The van der Waals surface area contributed by atoms with Crippen LogP contribution in [-0.2, 0) is 15.8 Å². The summed E-state index contributed by atoms with van der Waals surface area (Å²) in [6, 6.07) is 14.5. The Balaban J connectivity index is 1.66. The molecule has 0 saturated carbocycles. The van der Waals surface area contributed by atoms with Crippen molar-refractivity contribution in [3.05, 3.63) is 59.1 Å². The molecule has 0 bridgehead atoms. The van der Waals surface area contributed by atoms with E-state index in [2.05, 4.69) is 9.62 Å². The summed E-state index contributed by atoms with van der Waals surface area (Å²) in [6.45, 7) is 2.14. The molecule has 2 aromatic carbocycles. The van der Waals surface area contributed by atoms with Crippen molar-refractivity contribution in [1.82, 2.24) is 0 Å². The molecule has 1 heterocycles. The normalized spacial score (nSPS) is 15.3. The van der Waals surface area contributed by atoms with Crippen LogP contribution in [-0.4, -0.2) is 21.5 Å². The summed E-state index contributed by atoms with van der Waals surface area (Å²) in [4.78, 5) is 2.34. The van der Waals surface area contributed by atoms with Gasteiger partial charge in [0.1, 0.15) is 0 Å². The highest BCUT2D eigenvalue weighted by Gasteiger charge is 2.14. The minimum absolute atomic E-state index is 0.0958. The van der Waals surface area contributed by atoms with Crippen molar-refractivity contribution in [3.8, 4) is 0 Å². The zero-order valence-corrected chi connectivity index (χ0v) is 15.0. The quantitative estimate of drug-likeness (QED) is 0.861. The van der Waals surface area contributed by atoms with Crippen molar-refractivity contribution in [3.63, 3.8) is 0 Å². The fraction of sp³-hybridized carbons (Fsp3) is 0.333. The van der Waals surface area contributed by atoms with Crippen molar-refractivity contribution in [1.29, 1.82) is 0 Å². The zero-order chi connectivity index (χ0) is 17.0. The molecule has 1 saturated heterocycles. The SMILES string of the molecule is O=S(=O)(Cc1cccc(Cl)c1)Nc1ccc(N2CCCCC2)cc1. The lowest BCUT2D eigenvalue weighted by molar-refractivity contribution is 0.578. The Morgan fingerprint density at radius 2 is 1.71 bits per heavy atom. The van der Waals surface area contributed by atoms with E-state index in [0.29, 0.717) is 16.3 Å². The van der Waals surface area contributed by atoms with Crippen LogP contribution < -0.4 is 9.62 Å². The van der Waals surface area contributed by atoms with Crippen molar-refractivity contribution in [2.45, 2.75) is 25.0 Å². The van der Waals surface area contributed by atoms with Crippen molar-refractivity contribution < 1.29 is 8.42 Å². The molecule has 0 amide bonds. The number of sulfonamides is 1. The molecule has 0 spiro atoms. The van der Waals surface area contributed by atoms with Gasteiger partial charge in [-0.3, -0.25) is 4.72 Å². The maximum Gasteiger partial charge on any atom is 0.236 e. The second kappa shape index (κ2) is 7.45. The van der Waals surface area contributed by atoms with E-state index in [4.69, 9.17) is 11.6 Å². The third kappa shape index (κ3) is 4.65. The molecule has 0 radical (unpaired) electrons. The van der Waals surface area contributed by atoms with Crippen LogP contribution in [0.3, 0.4) is 0 Å². The van der Waals surface area contributed by atoms with Gasteiger partial charge < -0.3 is 4.90 Å². The molecule has 1 N–H and O–H groups in total. The van der Waals surface area contributed by atoms with Gasteiger partial charge in [-0.1, -0.05) is 23.7 Å². The number of anilines is 2. The molecule has 3 rings (SSSR count). The van der Waals surface area contributed by atoms with Crippen LogP contribution in [0.4, 0.5) is 11.4 Å². The lowest BCUT2D eigenvalue weighted by atomic mass is 10.1. The van der Waals surface area contributed by atoms with E-state index in [-0.39, 0.29) is 5.75 Å². The van der Waals surface area contributed by atoms with Crippen LogP contribution in [0.2, 0.25) is 5.02 Å². The lowest BCUT2D eigenvalue weighted by Crippen LogP contribution is -2.29. The maximum absolute atomic E-state index is 12.3. The molecule has 24 heavy (non-hydrogen) atoms. The van der Waals surface area contributed by atoms with Gasteiger partial charge in [0.25, 0.3) is 0 Å². The van der Waals surface area contributed by atoms with Gasteiger partial charge in [-0.2, -0.15) is 0 Å². The average Bonchev–Trinajstić information content (AvgIpc) is 2.55. The van der Waals surface area contributed by atoms with E-state index in [1.165, 1.54) is 19.3 Å². The second-order valence-corrected chi connectivity index (χ2v) is 8.24. The number of nitrogens with zero attached hydrogens (tertiary/aromatic N) is 1. The lowest BCUT2D eigenvalue weighted by Gasteiger charge is -2.28. The topological polar surface area (TPSA) is 49.4 Å². The fourth-order valence-electron chi connectivity index (χ4n) is 2.95. The molecule has 6 heteroatoms. The van der Waals surface area contributed by atoms with Crippen molar-refractivity contribution in [2.24, 2.45) is 0 Å². The molecule has 0 unspecified atom stereocenters. The van der Waals surface area contributed by atoms with E-state index in [0.717, 1.165) is 18.8 Å². The summed E-state index contributed by atoms with van der Waals surface area (Å²) in [6.07, 6.45) is 3.72. The van der Waals surface area contributed by atoms with E-state index in [9.17, 15) is 8.42 Å². The third-order valence-corrected chi connectivity index (χ3v) is 5.60. The fourth-order valence-corrected chi connectivity index (χ4v) is 4.35. The number of hydrogen-bond acceptors (Lipinski definition) is 3. The van der Waals surface area contributed by atoms with E-state index < -0.39 is 10.0 Å². The Kier molecular flexibility index (Phi) is 5.31.